The molecule has 1 aromatic heterocycles. The van der Waals surface area contributed by atoms with E-state index in [4.69, 9.17) is 0 Å². The SMILES string of the molecule is SCSc1cc[nH]c1. The van der Waals surface area contributed by atoms with Crippen molar-refractivity contribution in [1.29, 1.82) is 0 Å². The molecule has 0 amide bonds. The number of hydrogen-bond donors (Lipinski definition) is 2. The molecule has 1 rings (SSSR count). The van der Waals surface area contributed by atoms with Crippen LogP contribution in [-0.4, -0.2) is 10.1 Å². The van der Waals surface area contributed by atoms with Crippen molar-refractivity contribution in [2.75, 3.05) is 5.08 Å². The van der Waals surface area contributed by atoms with Crippen LogP contribution in [0.15, 0.2) is 23.4 Å². The van der Waals surface area contributed by atoms with Crippen molar-refractivity contribution in [1.82, 2.24) is 4.98 Å². The molecule has 3 heteroatoms. The van der Waals surface area contributed by atoms with E-state index in [9.17, 15) is 0 Å². The molecular formula is C5H7NS2. The molecule has 0 bridgehead atoms. The molecule has 0 saturated carbocycles. The molecule has 1 heterocycles. The quantitative estimate of drug-likeness (QED) is 0.369. The Bertz CT molecular complexity index is 136. The lowest BCUT2D eigenvalue weighted by atomic mass is 10.7. The van der Waals surface area contributed by atoms with Crippen LogP contribution in [-0.2, 0) is 0 Å². The Morgan fingerprint density at radius 1 is 1.75 bits per heavy atom. The van der Waals surface area contributed by atoms with Crippen LogP contribution in [0.3, 0.4) is 0 Å². The van der Waals surface area contributed by atoms with Crippen molar-refractivity contribution in [2.24, 2.45) is 0 Å². The predicted molar refractivity (Wildman–Crippen MR) is 40.5 cm³/mol. The second-order valence-corrected chi connectivity index (χ2v) is 3.11. The van der Waals surface area contributed by atoms with Crippen molar-refractivity contribution in [3.05, 3.63) is 18.5 Å². The molecular weight excluding hydrogens is 138 g/mol. The molecule has 1 N–H and O–H groups in total. The van der Waals surface area contributed by atoms with Crippen LogP contribution in [0.2, 0.25) is 0 Å². The maximum absolute atomic E-state index is 4.06. The first-order valence-electron chi connectivity index (χ1n) is 2.30. The summed E-state index contributed by atoms with van der Waals surface area (Å²) in [6, 6.07) is 2.03. The summed E-state index contributed by atoms with van der Waals surface area (Å²) in [6.07, 6.45) is 3.87. The van der Waals surface area contributed by atoms with Gasteiger partial charge in [-0.2, -0.15) is 12.6 Å². The molecule has 0 spiro atoms. The molecule has 0 aliphatic carbocycles. The second-order valence-electron chi connectivity index (χ2n) is 1.32. The summed E-state index contributed by atoms with van der Waals surface area (Å²) >= 11 is 5.77. The van der Waals surface area contributed by atoms with E-state index in [1.54, 1.807) is 11.8 Å². The zero-order chi connectivity index (χ0) is 5.82. The van der Waals surface area contributed by atoms with Crippen LogP contribution in [0.1, 0.15) is 0 Å². The van der Waals surface area contributed by atoms with Gasteiger partial charge in [0.05, 0.1) is 0 Å². The van der Waals surface area contributed by atoms with Gasteiger partial charge in [-0.3, -0.25) is 0 Å². The number of hydrogen-bond acceptors (Lipinski definition) is 2. The van der Waals surface area contributed by atoms with Crippen molar-refractivity contribution in [2.45, 2.75) is 4.90 Å². The van der Waals surface area contributed by atoms with Crippen LogP contribution < -0.4 is 0 Å². The third-order valence-corrected chi connectivity index (χ3v) is 1.90. The summed E-state index contributed by atoms with van der Waals surface area (Å²) in [6.45, 7) is 0. The first-order chi connectivity index (χ1) is 3.93. The van der Waals surface area contributed by atoms with Gasteiger partial charge in [-0.25, -0.2) is 0 Å². The molecule has 0 atom stereocenters. The van der Waals surface area contributed by atoms with Crippen molar-refractivity contribution in [3.8, 4) is 0 Å². The fourth-order valence-electron chi connectivity index (χ4n) is 0.473. The van der Waals surface area contributed by atoms with Crippen LogP contribution in [0.5, 0.6) is 0 Å². The molecule has 0 aliphatic heterocycles. The van der Waals surface area contributed by atoms with Gasteiger partial charge in [0.25, 0.3) is 0 Å². The van der Waals surface area contributed by atoms with Crippen LogP contribution >= 0.6 is 24.4 Å². The highest BCUT2D eigenvalue weighted by Gasteiger charge is 1.86. The van der Waals surface area contributed by atoms with E-state index in [-0.39, 0.29) is 0 Å². The minimum Gasteiger partial charge on any atom is -0.367 e. The largest absolute Gasteiger partial charge is 0.367 e. The summed E-state index contributed by atoms with van der Waals surface area (Å²) in [5.41, 5.74) is 0. The van der Waals surface area contributed by atoms with Gasteiger partial charge in [0.15, 0.2) is 0 Å². The number of thiol groups is 1. The normalized spacial score (nSPS) is 9.62. The number of thioether (sulfide) groups is 1. The Labute approximate surface area is 58.3 Å². The van der Waals surface area contributed by atoms with Crippen LogP contribution in [0.4, 0.5) is 0 Å². The molecule has 0 aromatic carbocycles. The summed E-state index contributed by atoms with van der Waals surface area (Å²) in [7, 11) is 0. The molecule has 8 heavy (non-hydrogen) atoms. The molecule has 0 aliphatic rings. The van der Waals surface area contributed by atoms with E-state index in [1.807, 2.05) is 18.5 Å². The first-order valence-corrected chi connectivity index (χ1v) is 3.92. The van der Waals surface area contributed by atoms with E-state index in [0.717, 1.165) is 5.08 Å². The van der Waals surface area contributed by atoms with Gasteiger partial charge >= 0.3 is 0 Å². The van der Waals surface area contributed by atoms with Gasteiger partial charge in [-0.1, -0.05) is 0 Å². The predicted octanol–water partition coefficient (Wildman–Crippen LogP) is 1.99. The van der Waals surface area contributed by atoms with Crippen molar-refractivity contribution < 1.29 is 0 Å². The van der Waals surface area contributed by atoms with Crippen LogP contribution in [0, 0.1) is 0 Å². The zero-order valence-electron chi connectivity index (χ0n) is 4.29. The lowest BCUT2D eigenvalue weighted by Crippen LogP contribution is -1.59. The van der Waals surface area contributed by atoms with E-state index in [2.05, 4.69) is 17.6 Å². The lowest BCUT2D eigenvalue weighted by Gasteiger charge is -1.85. The lowest BCUT2D eigenvalue weighted by molar-refractivity contribution is 1.38. The minimum atomic E-state index is 0.845. The molecule has 1 aromatic rings. The van der Waals surface area contributed by atoms with E-state index < -0.39 is 0 Å². The monoisotopic (exact) mass is 145 g/mol. The first kappa shape index (κ1) is 6.11. The fraction of sp³-hybridized carbons (Fsp3) is 0.200. The molecule has 0 saturated heterocycles. The Kier molecular flexibility index (Phi) is 2.36. The highest BCUT2D eigenvalue weighted by atomic mass is 32.2. The van der Waals surface area contributed by atoms with E-state index in [0.29, 0.717) is 0 Å². The summed E-state index contributed by atoms with van der Waals surface area (Å²) in [5.74, 6) is 0. The Morgan fingerprint density at radius 2 is 2.62 bits per heavy atom. The van der Waals surface area contributed by atoms with Gasteiger partial charge in [0.1, 0.15) is 0 Å². The molecule has 0 fully saturated rings. The highest BCUT2D eigenvalue weighted by molar-refractivity contribution is 8.09. The number of aromatic nitrogens is 1. The number of rotatable bonds is 2. The second kappa shape index (κ2) is 3.10. The minimum absolute atomic E-state index is 0.845. The zero-order valence-corrected chi connectivity index (χ0v) is 6.01. The average molecular weight is 145 g/mol. The molecule has 1 nitrogen and oxygen atoms in total. The smallest absolute Gasteiger partial charge is 0.0409 e. The number of nitrogens with one attached hydrogen (secondary N) is 1. The van der Waals surface area contributed by atoms with Crippen molar-refractivity contribution >= 4 is 24.4 Å². The fourth-order valence-corrected chi connectivity index (χ4v) is 1.38. The highest BCUT2D eigenvalue weighted by Crippen LogP contribution is 2.16. The van der Waals surface area contributed by atoms with Crippen molar-refractivity contribution in [3.63, 3.8) is 0 Å². The summed E-state index contributed by atoms with van der Waals surface area (Å²) in [5, 5.41) is 0.845. The maximum Gasteiger partial charge on any atom is 0.0409 e. The summed E-state index contributed by atoms with van der Waals surface area (Å²) < 4.78 is 0. The van der Waals surface area contributed by atoms with E-state index in [1.165, 1.54) is 4.90 Å². The number of H-pyrrole nitrogens is 1. The third kappa shape index (κ3) is 1.49. The third-order valence-electron chi connectivity index (χ3n) is 0.801. The maximum atomic E-state index is 4.06. The molecule has 0 radical (unpaired) electrons. The molecule has 44 valence electrons. The van der Waals surface area contributed by atoms with Crippen LogP contribution in [0.25, 0.3) is 0 Å². The van der Waals surface area contributed by atoms with Gasteiger partial charge in [0.2, 0.25) is 0 Å². The molecule has 0 unspecified atom stereocenters. The number of aromatic amines is 1. The Morgan fingerprint density at radius 3 is 3.12 bits per heavy atom. The Hall–Kier alpha value is -0.0200. The Balaban J connectivity index is 2.50. The summed E-state index contributed by atoms with van der Waals surface area (Å²) in [4.78, 5) is 4.21. The standard InChI is InChI=1S/C5H7NS2/c7-4-8-5-1-2-6-3-5/h1-3,6-7H,4H2. The van der Waals surface area contributed by atoms with Gasteiger partial charge in [-0.15, -0.1) is 11.8 Å². The average Bonchev–Trinajstić information content (AvgIpc) is 2.19. The van der Waals surface area contributed by atoms with Gasteiger partial charge < -0.3 is 4.98 Å². The topological polar surface area (TPSA) is 15.8 Å². The van der Waals surface area contributed by atoms with Gasteiger partial charge in [0, 0.05) is 22.4 Å². The van der Waals surface area contributed by atoms with Gasteiger partial charge in [-0.05, 0) is 6.07 Å². The van der Waals surface area contributed by atoms with E-state index >= 15 is 0 Å².